The molecule has 1 fully saturated rings. The van der Waals surface area contributed by atoms with Crippen molar-refractivity contribution in [1.29, 1.82) is 0 Å². The van der Waals surface area contributed by atoms with Crippen LogP contribution in [0.15, 0.2) is 11.2 Å². The fourth-order valence-electron chi connectivity index (χ4n) is 1.28. The number of nitrogens with two attached hydrogens (primary N) is 1. The van der Waals surface area contributed by atoms with Gasteiger partial charge in [-0.2, -0.15) is 0 Å². The molecule has 0 amide bonds. The molecule has 82 valence electrons. The Balaban J connectivity index is 2.21. The topological polar surface area (TPSA) is 75.9 Å². The minimum absolute atomic E-state index is 0.218. The minimum atomic E-state index is 0.218. The number of aromatic nitrogens is 2. The van der Waals surface area contributed by atoms with Crippen LogP contribution in [0.1, 0.15) is 19.8 Å². The van der Waals surface area contributed by atoms with Gasteiger partial charge in [-0.05, 0) is 26.0 Å². The standard InChI is InChI=1S/C9H15N5S/c1-9(3-4-9)13-6-5-7(14-10)12-8(11-6)15-2/h5H,3-4,10H2,1-2H3,(H2,11,12,13,14). The highest BCUT2D eigenvalue weighted by Gasteiger charge is 2.37. The average molecular weight is 225 g/mol. The van der Waals surface area contributed by atoms with Crippen molar-refractivity contribution < 1.29 is 0 Å². The Hall–Kier alpha value is -1.01. The lowest BCUT2D eigenvalue weighted by Gasteiger charge is -2.13. The van der Waals surface area contributed by atoms with Crippen molar-refractivity contribution in [3.63, 3.8) is 0 Å². The molecule has 0 bridgehead atoms. The predicted molar refractivity (Wildman–Crippen MR) is 62.9 cm³/mol. The predicted octanol–water partition coefficient (Wildman–Crippen LogP) is 1.45. The summed E-state index contributed by atoms with van der Waals surface area (Å²) in [4.78, 5) is 8.57. The first kappa shape index (κ1) is 10.5. The third kappa shape index (κ3) is 2.51. The van der Waals surface area contributed by atoms with Crippen LogP contribution in [0, 0.1) is 0 Å². The molecule has 1 aliphatic rings. The van der Waals surface area contributed by atoms with Gasteiger partial charge in [-0.3, -0.25) is 0 Å². The molecule has 2 rings (SSSR count). The van der Waals surface area contributed by atoms with Crippen molar-refractivity contribution >= 4 is 23.4 Å². The molecular formula is C9H15N5S. The van der Waals surface area contributed by atoms with Crippen LogP contribution in [-0.4, -0.2) is 21.8 Å². The number of nitrogen functional groups attached to an aromatic ring is 1. The second-order valence-corrected chi connectivity index (χ2v) is 4.73. The van der Waals surface area contributed by atoms with Crippen LogP contribution in [0.2, 0.25) is 0 Å². The Morgan fingerprint density at radius 2 is 2.07 bits per heavy atom. The summed E-state index contributed by atoms with van der Waals surface area (Å²) < 4.78 is 0. The van der Waals surface area contributed by atoms with Crippen LogP contribution in [0.4, 0.5) is 11.6 Å². The molecule has 0 unspecified atom stereocenters. The van der Waals surface area contributed by atoms with E-state index in [0.717, 1.165) is 11.0 Å². The molecule has 0 radical (unpaired) electrons. The number of hydrogen-bond donors (Lipinski definition) is 3. The third-order valence-electron chi connectivity index (χ3n) is 2.47. The number of hydrazine groups is 1. The van der Waals surface area contributed by atoms with Gasteiger partial charge < -0.3 is 10.7 Å². The fourth-order valence-corrected chi connectivity index (χ4v) is 1.66. The highest BCUT2D eigenvalue weighted by atomic mass is 32.2. The van der Waals surface area contributed by atoms with E-state index < -0.39 is 0 Å². The molecular weight excluding hydrogens is 210 g/mol. The summed E-state index contributed by atoms with van der Waals surface area (Å²) in [6, 6.07) is 1.82. The van der Waals surface area contributed by atoms with Crippen molar-refractivity contribution in [2.45, 2.75) is 30.5 Å². The van der Waals surface area contributed by atoms with E-state index in [2.05, 4.69) is 27.6 Å². The maximum absolute atomic E-state index is 5.34. The van der Waals surface area contributed by atoms with Gasteiger partial charge in [0.05, 0.1) is 0 Å². The first-order valence-electron chi connectivity index (χ1n) is 4.83. The van der Waals surface area contributed by atoms with Gasteiger partial charge in [-0.1, -0.05) is 11.8 Å². The summed E-state index contributed by atoms with van der Waals surface area (Å²) in [6.45, 7) is 2.18. The molecule has 1 heterocycles. The number of nitrogens with zero attached hydrogens (tertiary/aromatic N) is 2. The maximum Gasteiger partial charge on any atom is 0.191 e. The molecule has 6 heteroatoms. The molecule has 0 aliphatic heterocycles. The van der Waals surface area contributed by atoms with Crippen LogP contribution in [-0.2, 0) is 0 Å². The Labute approximate surface area is 93.2 Å². The number of thioether (sulfide) groups is 1. The van der Waals surface area contributed by atoms with E-state index in [1.54, 1.807) is 0 Å². The number of anilines is 2. The molecule has 0 spiro atoms. The van der Waals surface area contributed by atoms with Crippen molar-refractivity contribution in [2.75, 3.05) is 17.0 Å². The average Bonchev–Trinajstić information content (AvgIpc) is 2.95. The van der Waals surface area contributed by atoms with Crippen molar-refractivity contribution in [1.82, 2.24) is 9.97 Å². The normalized spacial score (nSPS) is 17.3. The first-order valence-corrected chi connectivity index (χ1v) is 6.05. The summed E-state index contributed by atoms with van der Waals surface area (Å²) >= 11 is 1.50. The zero-order valence-electron chi connectivity index (χ0n) is 8.87. The summed E-state index contributed by atoms with van der Waals surface area (Å²) in [5.74, 6) is 6.82. The zero-order valence-corrected chi connectivity index (χ0v) is 9.69. The molecule has 1 aliphatic carbocycles. The summed E-state index contributed by atoms with van der Waals surface area (Å²) in [7, 11) is 0. The van der Waals surface area contributed by atoms with Crippen molar-refractivity contribution in [3.05, 3.63) is 6.07 Å². The van der Waals surface area contributed by atoms with Gasteiger partial charge in [0.2, 0.25) is 0 Å². The molecule has 1 saturated carbocycles. The second-order valence-electron chi connectivity index (χ2n) is 3.96. The summed E-state index contributed by atoms with van der Waals surface area (Å²) in [5.41, 5.74) is 2.76. The Morgan fingerprint density at radius 1 is 1.40 bits per heavy atom. The summed E-state index contributed by atoms with van der Waals surface area (Å²) in [5, 5.41) is 4.10. The highest BCUT2D eigenvalue weighted by molar-refractivity contribution is 7.98. The van der Waals surface area contributed by atoms with E-state index in [4.69, 9.17) is 5.84 Å². The van der Waals surface area contributed by atoms with Gasteiger partial charge in [0, 0.05) is 11.6 Å². The van der Waals surface area contributed by atoms with Gasteiger partial charge in [0.15, 0.2) is 5.16 Å². The molecule has 15 heavy (non-hydrogen) atoms. The van der Waals surface area contributed by atoms with E-state index in [9.17, 15) is 0 Å². The number of nitrogens with one attached hydrogen (secondary N) is 2. The van der Waals surface area contributed by atoms with Crippen LogP contribution in [0.3, 0.4) is 0 Å². The van der Waals surface area contributed by atoms with E-state index in [1.807, 2.05) is 12.3 Å². The van der Waals surface area contributed by atoms with Gasteiger partial charge in [-0.15, -0.1) is 0 Å². The molecule has 4 N–H and O–H groups in total. The van der Waals surface area contributed by atoms with E-state index >= 15 is 0 Å². The van der Waals surface area contributed by atoms with Crippen LogP contribution >= 0.6 is 11.8 Å². The van der Waals surface area contributed by atoms with Crippen molar-refractivity contribution in [2.24, 2.45) is 5.84 Å². The Morgan fingerprint density at radius 3 is 2.60 bits per heavy atom. The molecule has 0 aromatic carbocycles. The van der Waals surface area contributed by atoms with Crippen LogP contribution in [0.25, 0.3) is 0 Å². The van der Waals surface area contributed by atoms with Crippen LogP contribution < -0.4 is 16.6 Å². The number of hydrogen-bond acceptors (Lipinski definition) is 6. The van der Waals surface area contributed by atoms with Gasteiger partial charge in [0.1, 0.15) is 11.6 Å². The quantitative estimate of drug-likeness (QED) is 0.312. The molecule has 1 aromatic rings. The number of rotatable bonds is 4. The Bertz CT molecular complexity index is 341. The van der Waals surface area contributed by atoms with E-state index in [0.29, 0.717) is 5.82 Å². The molecule has 0 saturated heterocycles. The lowest BCUT2D eigenvalue weighted by Crippen LogP contribution is -2.18. The highest BCUT2D eigenvalue weighted by Crippen LogP contribution is 2.38. The van der Waals surface area contributed by atoms with E-state index in [1.165, 1.54) is 24.6 Å². The molecule has 5 nitrogen and oxygen atoms in total. The van der Waals surface area contributed by atoms with E-state index in [-0.39, 0.29) is 5.54 Å². The monoisotopic (exact) mass is 225 g/mol. The zero-order chi connectivity index (χ0) is 10.9. The fraction of sp³-hybridized carbons (Fsp3) is 0.556. The second kappa shape index (κ2) is 3.86. The maximum atomic E-state index is 5.34. The first-order chi connectivity index (χ1) is 7.15. The van der Waals surface area contributed by atoms with Gasteiger partial charge >= 0.3 is 0 Å². The summed E-state index contributed by atoms with van der Waals surface area (Å²) in [6.07, 6.45) is 4.33. The van der Waals surface area contributed by atoms with Crippen molar-refractivity contribution in [3.8, 4) is 0 Å². The minimum Gasteiger partial charge on any atom is -0.365 e. The Kier molecular flexibility index (Phi) is 2.70. The molecule has 1 aromatic heterocycles. The lowest BCUT2D eigenvalue weighted by atomic mass is 10.3. The third-order valence-corrected chi connectivity index (χ3v) is 3.01. The lowest BCUT2D eigenvalue weighted by molar-refractivity contribution is 0.810. The van der Waals surface area contributed by atoms with Crippen LogP contribution in [0.5, 0.6) is 0 Å². The van der Waals surface area contributed by atoms with Gasteiger partial charge in [-0.25, -0.2) is 15.8 Å². The molecule has 0 atom stereocenters. The largest absolute Gasteiger partial charge is 0.365 e. The SMILES string of the molecule is CSc1nc(NN)cc(NC2(C)CC2)n1. The van der Waals surface area contributed by atoms with Gasteiger partial charge in [0.25, 0.3) is 0 Å². The smallest absolute Gasteiger partial charge is 0.191 e.